The molecule has 1 atom stereocenters. The first-order valence-corrected chi connectivity index (χ1v) is 7.94. The van der Waals surface area contributed by atoms with Crippen LogP contribution in [-0.4, -0.2) is 0 Å². The van der Waals surface area contributed by atoms with Crippen molar-refractivity contribution >= 4 is 19.2 Å². The van der Waals surface area contributed by atoms with E-state index in [0.717, 1.165) is 6.07 Å². The van der Waals surface area contributed by atoms with Crippen molar-refractivity contribution in [2.75, 3.05) is 0 Å². The molecule has 0 aliphatic heterocycles. The van der Waals surface area contributed by atoms with Gasteiger partial charge in [0.25, 0.3) is 0 Å². The summed E-state index contributed by atoms with van der Waals surface area (Å²) in [6.45, 7) is 1.21. The summed E-state index contributed by atoms with van der Waals surface area (Å²) in [7, 11) is -1.47. The molecule has 2 aromatic carbocycles. The quantitative estimate of drug-likeness (QED) is 0.446. The lowest BCUT2D eigenvalue weighted by Crippen LogP contribution is -2.28. The molecule has 0 N–H and O–H groups in total. The minimum absolute atomic E-state index is 0.0386. The van der Waals surface area contributed by atoms with Crippen molar-refractivity contribution in [2.24, 2.45) is 0 Å². The second-order valence-electron chi connectivity index (χ2n) is 5.34. The molecule has 10 heteroatoms. The Morgan fingerprint density at radius 2 is 0.923 bits per heavy atom. The van der Waals surface area contributed by atoms with E-state index in [4.69, 9.17) is 0 Å². The maximum Gasteiger partial charge on any atom is 0.417 e. The Labute approximate surface area is 143 Å². The van der Waals surface area contributed by atoms with Gasteiger partial charge in [-0.3, -0.25) is 0 Å². The number of hydrogen-bond donors (Lipinski definition) is 0. The average Bonchev–Trinajstić information content (AvgIpc) is 2.46. The Balaban J connectivity index is 2.75. The first-order chi connectivity index (χ1) is 11.7. The molecule has 0 aliphatic rings. The van der Waals surface area contributed by atoms with Crippen molar-refractivity contribution in [1.29, 1.82) is 0 Å². The SMILES string of the molecule is Cc1cccc(C(F)(F)F)c1Pc1c(C(F)(F)F)cccc1C(F)(F)F. The molecule has 1 unspecified atom stereocenters. The van der Waals surface area contributed by atoms with Crippen LogP contribution in [0.25, 0.3) is 0 Å². The van der Waals surface area contributed by atoms with E-state index in [1.54, 1.807) is 0 Å². The van der Waals surface area contributed by atoms with Gasteiger partial charge in [0.1, 0.15) is 0 Å². The predicted molar refractivity (Wildman–Crippen MR) is 80.2 cm³/mol. The van der Waals surface area contributed by atoms with Gasteiger partial charge in [-0.05, 0) is 36.0 Å². The lowest BCUT2D eigenvalue weighted by Gasteiger charge is -2.21. The van der Waals surface area contributed by atoms with Crippen molar-refractivity contribution in [3.05, 3.63) is 58.7 Å². The van der Waals surface area contributed by atoms with Crippen LogP contribution in [0.2, 0.25) is 0 Å². The lowest BCUT2D eigenvalue weighted by molar-refractivity contribution is -0.141. The van der Waals surface area contributed by atoms with Crippen LogP contribution in [-0.2, 0) is 18.5 Å². The van der Waals surface area contributed by atoms with Crippen molar-refractivity contribution in [3.63, 3.8) is 0 Å². The van der Waals surface area contributed by atoms with E-state index in [0.29, 0.717) is 24.3 Å². The summed E-state index contributed by atoms with van der Waals surface area (Å²) in [4.78, 5) is 0. The summed E-state index contributed by atoms with van der Waals surface area (Å²) in [5, 5.41) is -1.80. The fourth-order valence-electron chi connectivity index (χ4n) is 2.35. The molecule has 0 saturated heterocycles. The highest BCUT2D eigenvalue weighted by molar-refractivity contribution is 7.56. The van der Waals surface area contributed by atoms with E-state index in [1.807, 2.05) is 0 Å². The van der Waals surface area contributed by atoms with Crippen LogP contribution in [0.5, 0.6) is 0 Å². The Morgan fingerprint density at radius 1 is 0.577 bits per heavy atom. The van der Waals surface area contributed by atoms with Gasteiger partial charge >= 0.3 is 18.5 Å². The van der Waals surface area contributed by atoms with E-state index in [9.17, 15) is 39.5 Å². The lowest BCUT2D eigenvalue weighted by atomic mass is 10.1. The number of benzene rings is 2. The molecule has 0 aliphatic carbocycles. The van der Waals surface area contributed by atoms with Gasteiger partial charge in [-0.15, -0.1) is 0 Å². The number of rotatable bonds is 2. The Morgan fingerprint density at radius 3 is 1.31 bits per heavy atom. The third-order valence-corrected chi connectivity index (χ3v) is 5.21. The molecule has 2 rings (SSSR count). The molecule has 0 spiro atoms. The van der Waals surface area contributed by atoms with Gasteiger partial charge in [-0.1, -0.05) is 26.8 Å². The topological polar surface area (TPSA) is 0 Å². The minimum atomic E-state index is -5.13. The smallest absolute Gasteiger partial charge is 0.166 e. The van der Waals surface area contributed by atoms with E-state index in [1.165, 1.54) is 13.0 Å². The van der Waals surface area contributed by atoms with Crippen LogP contribution in [0.3, 0.4) is 0 Å². The van der Waals surface area contributed by atoms with Crippen LogP contribution in [0.4, 0.5) is 39.5 Å². The number of halogens is 9. The van der Waals surface area contributed by atoms with Crippen LogP contribution < -0.4 is 10.6 Å². The zero-order valence-electron chi connectivity index (χ0n) is 12.9. The summed E-state index contributed by atoms with van der Waals surface area (Å²) in [6, 6.07) is 4.35. The third kappa shape index (κ3) is 4.31. The molecule has 0 aromatic heterocycles. The highest BCUT2D eigenvalue weighted by Gasteiger charge is 2.41. The van der Waals surface area contributed by atoms with Gasteiger partial charge in [0.05, 0.1) is 16.7 Å². The van der Waals surface area contributed by atoms with E-state index < -0.39 is 54.4 Å². The van der Waals surface area contributed by atoms with E-state index in [2.05, 4.69) is 0 Å². The molecule has 0 radical (unpaired) electrons. The summed E-state index contributed by atoms with van der Waals surface area (Å²) in [5.41, 5.74) is -4.48. The first kappa shape index (κ1) is 20.6. The van der Waals surface area contributed by atoms with Gasteiger partial charge in [0.15, 0.2) is 0 Å². The number of hydrogen-bond acceptors (Lipinski definition) is 0. The second-order valence-corrected chi connectivity index (χ2v) is 6.59. The second kappa shape index (κ2) is 6.76. The fourth-order valence-corrected chi connectivity index (χ4v) is 3.96. The molecule has 0 bridgehead atoms. The van der Waals surface area contributed by atoms with Crippen LogP contribution in [0, 0.1) is 6.92 Å². The van der Waals surface area contributed by atoms with E-state index in [-0.39, 0.29) is 5.56 Å². The van der Waals surface area contributed by atoms with Crippen LogP contribution in [0.1, 0.15) is 22.3 Å². The summed E-state index contributed by atoms with van der Waals surface area (Å²) < 4.78 is 118. The van der Waals surface area contributed by atoms with Crippen molar-refractivity contribution in [3.8, 4) is 0 Å². The van der Waals surface area contributed by atoms with Gasteiger partial charge in [0, 0.05) is 5.30 Å². The van der Waals surface area contributed by atoms with Gasteiger partial charge < -0.3 is 0 Å². The molecule has 26 heavy (non-hydrogen) atoms. The van der Waals surface area contributed by atoms with E-state index >= 15 is 0 Å². The molecule has 0 amide bonds. The average molecular weight is 404 g/mol. The zero-order valence-corrected chi connectivity index (χ0v) is 13.9. The largest absolute Gasteiger partial charge is 0.417 e. The molecule has 0 fully saturated rings. The number of aryl methyl sites for hydroxylation is 1. The minimum Gasteiger partial charge on any atom is -0.166 e. The highest BCUT2D eigenvalue weighted by Crippen LogP contribution is 2.39. The molecule has 0 saturated carbocycles. The standard InChI is InChI=1S/C16H10F9P/c1-8-4-2-5-9(14(17,18)19)12(8)26-13-10(15(20,21)22)6-3-7-11(13)16(23,24)25/h2-7,26H,1H3. The Kier molecular flexibility index (Phi) is 5.34. The molecule has 0 heterocycles. The summed E-state index contributed by atoms with van der Waals surface area (Å²) in [5.74, 6) is 0. The van der Waals surface area contributed by atoms with Gasteiger partial charge in [-0.25, -0.2) is 0 Å². The normalized spacial score (nSPS) is 13.6. The van der Waals surface area contributed by atoms with Gasteiger partial charge in [-0.2, -0.15) is 39.5 Å². The van der Waals surface area contributed by atoms with Crippen LogP contribution >= 0.6 is 8.58 Å². The van der Waals surface area contributed by atoms with Crippen molar-refractivity contribution < 1.29 is 39.5 Å². The molecular weight excluding hydrogens is 394 g/mol. The molecule has 0 nitrogen and oxygen atoms in total. The fraction of sp³-hybridized carbons (Fsp3) is 0.250. The maximum atomic E-state index is 13.2. The molecule has 142 valence electrons. The number of alkyl halides is 9. The summed E-state index contributed by atoms with van der Waals surface area (Å²) in [6.07, 6.45) is -15.2. The zero-order chi connectivity index (χ0) is 19.9. The van der Waals surface area contributed by atoms with Gasteiger partial charge in [0.2, 0.25) is 0 Å². The van der Waals surface area contributed by atoms with Crippen molar-refractivity contribution in [1.82, 2.24) is 0 Å². The third-order valence-electron chi connectivity index (χ3n) is 3.50. The van der Waals surface area contributed by atoms with Crippen LogP contribution in [0.15, 0.2) is 36.4 Å². The highest BCUT2D eigenvalue weighted by atomic mass is 31.1. The molecular formula is C16H10F9P. The predicted octanol–water partition coefficient (Wildman–Crippen LogP) is 5.68. The summed E-state index contributed by atoms with van der Waals surface area (Å²) >= 11 is 0. The first-order valence-electron chi connectivity index (χ1n) is 6.94. The maximum absolute atomic E-state index is 13.2. The Bertz CT molecular complexity index is 769. The Hall–Kier alpha value is -1.76. The molecule has 2 aromatic rings. The monoisotopic (exact) mass is 404 g/mol. The van der Waals surface area contributed by atoms with Crippen molar-refractivity contribution in [2.45, 2.75) is 25.5 Å².